The minimum absolute atomic E-state index is 0.169. The van der Waals surface area contributed by atoms with Crippen LogP contribution in [0.3, 0.4) is 0 Å². The molecule has 4 nitrogen and oxygen atoms in total. The third-order valence-electron chi connectivity index (χ3n) is 4.10. The molecule has 0 fully saturated rings. The molecule has 24 heavy (non-hydrogen) atoms. The highest BCUT2D eigenvalue weighted by atomic mass is 19.1. The number of aromatic hydroxyl groups is 1. The van der Waals surface area contributed by atoms with Gasteiger partial charge in [-0.3, -0.25) is 4.90 Å². The summed E-state index contributed by atoms with van der Waals surface area (Å²) in [5, 5.41) is 9.90. The van der Waals surface area contributed by atoms with Crippen molar-refractivity contribution in [1.29, 1.82) is 0 Å². The van der Waals surface area contributed by atoms with Gasteiger partial charge in [-0.1, -0.05) is 6.07 Å². The van der Waals surface area contributed by atoms with Crippen LogP contribution < -0.4 is 4.74 Å². The minimum Gasteiger partial charge on any atom is -0.508 e. The SMILES string of the molecule is COc1cc(-c2ccc(O)cc2CN(C(C)C)C(C)C)c(F)cn1. The first-order chi connectivity index (χ1) is 11.3. The zero-order valence-electron chi connectivity index (χ0n) is 14.9. The number of aromatic nitrogens is 1. The number of benzene rings is 1. The van der Waals surface area contributed by atoms with E-state index in [4.69, 9.17) is 4.74 Å². The predicted octanol–water partition coefficient (Wildman–Crippen LogP) is 4.22. The molecule has 2 aromatic rings. The molecule has 0 aliphatic heterocycles. The first-order valence-corrected chi connectivity index (χ1v) is 8.11. The molecule has 0 aliphatic carbocycles. The number of methoxy groups -OCH3 is 1. The number of pyridine rings is 1. The molecule has 0 radical (unpaired) electrons. The molecule has 0 aliphatic rings. The summed E-state index contributed by atoms with van der Waals surface area (Å²) in [7, 11) is 1.50. The van der Waals surface area contributed by atoms with Gasteiger partial charge in [0.1, 0.15) is 11.6 Å². The second-order valence-corrected chi connectivity index (χ2v) is 6.41. The van der Waals surface area contributed by atoms with E-state index in [1.807, 2.05) is 0 Å². The summed E-state index contributed by atoms with van der Waals surface area (Å²) in [6.07, 6.45) is 1.16. The number of hydrogen-bond donors (Lipinski definition) is 1. The zero-order valence-corrected chi connectivity index (χ0v) is 14.9. The van der Waals surface area contributed by atoms with Crippen LogP contribution in [0.1, 0.15) is 33.3 Å². The van der Waals surface area contributed by atoms with Crippen molar-refractivity contribution in [3.63, 3.8) is 0 Å². The Balaban J connectivity index is 2.52. The van der Waals surface area contributed by atoms with E-state index in [1.165, 1.54) is 7.11 Å². The normalized spacial score (nSPS) is 11.5. The number of nitrogens with zero attached hydrogens (tertiary/aromatic N) is 2. The molecule has 0 atom stereocenters. The monoisotopic (exact) mass is 332 g/mol. The van der Waals surface area contributed by atoms with Crippen LogP contribution >= 0.6 is 0 Å². The third-order valence-corrected chi connectivity index (χ3v) is 4.10. The van der Waals surface area contributed by atoms with Gasteiger partial charge < -0.3 is 9.84 Å². The van der Waals surface area contributed by atoms with Gasteiger partial charge in [0, 0.05) is 30.3 Å². The number of phenols is 1. The molecule has 1 aromatic heterocycles. The van der Waals surface area contributed by atoms with E-state index in [0.717, 1.165) is 17.3 Å². The third kappa shape index (κ3) is 4.03. The van der Waals surface area contributed by atoms with E-state index in [1.54, 1.807) is 24.3 Å². The highest BCUT2D eigenvalue weighted by Gasteiger charge is 2.18. The quantitative estimate of drug-likeness (QED) is 0.860. The van der Waals surface area contributed by atoms with Crippen LogP contribution in [0.4, 0.5) is 4.39 Å². The van der Waals surface area contributed by atoms with Crippen LogP contribution in [0.15, 0.2) is 30.5 Å². The van der Waals surface area contributed by atoms with Crippen molar-refractivity contribution in [2.75, 3.05) is 7.11 Å². The van der Waals surface area contributed by atoms with E-state index in [9.17, 15) is 9.50 Å². The van der Waals surface area contributed by atoms with Crippen LogP contribution in [0, 0.1) is 5.82 Å². The van der Waals surface area contributed by atoms with E-state index >= 15 is 0 Å². The number of ether oxygens (including phenoxy) is 1. The molecule has 0 spiro atoms. The van der Waals surface area contributed by atoms with Crippen LogP contribution in [0.5, 0.6) is 11.6 Å². The second kappa shape index (κ2) is 7.62. The van der Waals surface area contributed by atoms with Gasteiger partial charge in [-0.15, -0.1) is 0 Å². The molecule has 5 heteroatoms. The Bertz CT molecular complexity index is 694. The van der Waals surface area contributed by atoms with E-state index in [-0.39, 0.29) is 5.75 Å². The number of hydrogen-bond acceptors (Lipinski definition) is 4. The first kappa shape index (κ1) is 18.2. The Kier molecular flexibility index (Phi) is 5.78. The van der Waals surface area contributed by atoms with Crippen molar-refractivity contribution in [3.8, 4) is 22.8 Å². The summed E-state index contributed by atoms with van der Waals surface area (Å²) >= 11 is 0. The lowest BCUT2D eigenvalue weighted by atomic mass is 9.98. The van der Waals surface area contributed by atoms with Crippen molar-refractivity contribution in [2.45, 2.75) is 46.3 Å². The van der Waals surface area contributed by atoms with Gasteiger partial charge >= 0.3 is 0 Å². The van der Waals surface area contributed by atoms with Gasteiger partial charge in [0.15, 0.2) is 0 Å². The molecule has 0 saturated heterocycles. The maximum atomic E-state index is 14.3. The fourth-order valence-electron chi connectivity index (χ4n) is 2.87. The Hall–Kier alpha value is -2.14. The Morgan fingerprint density at radius 1 is 1.12 bits per heavy atom. The molecule has 2 rings (SSSR count). The number of rotatable bonds is 6. The van der Waals surface area contributed by atoms with E-state index in [0.29, 0.717) is 30.1 Å². The molecule has 0 amide bonds. The number of halogens is 1. The molecule has 1 N–H and O–H groups in total. The first-order valence-electron chi connectivity index (χ1n) is 8.11. The molecular formula is C19H25FN2O2. The van der Waals surface area contributed by atoms with Crippen molar-refractivity contribution in [3.05, 3.63) is 41.8 Å². The molecule has 0 unspecified atom stereocenters. The van der Waals surface area contributed by atoms with Gasteiger partial charge in [0.2, 0.25) is 5.88 Å². The highest BCUT2D eigenvalue weighted by molar-refractivity contribution is 5.69. The lowest BCUT2D eigenvalue weighted by molar-refractivity contribution is 0.166. The molecule has 130 valence electrons. The molecule has 1 heterocycles. The van der Waals surface area contributed by atoms with Crippen molar-refractivity contribution in [1.82, 2.24) is 9.88 Å². The fourth-order valence-corrected chi connectivity index (χ4v) is 2.87. The summed E-state index contributed by atoms with van der Waals surface area (Å²) in [5.41, 5.74) is 2.02. The lowest BCUT2D eigenvalue weighted by Gasteiger charge is -2.31. The smallest absolute Gasteiger partial charge is 0.213 e. The van der Waals surface area contributed by atoms with Crippen molar-refractivity contribution >= 4 is 0 Å². The maximum absolute atomic E-state index is 14.3. The lowest BCUT2D eigenvalue weighted by Crippen LogP contribution is -2.36. The molecule has 0 saturated carbocycles. The van der Waals surface area contributed by atoms with E-state index in [2.05, 4.69) is 37.6 Å². The largest absolute Gasteiger partial charge is 0.508 e. The Morgan fingerprint density at radius 3 is 2.38 bits per heavy atom. The summed E-state index contributed by atoms with van der Waals surface area (Å²) in [6.45, 7) is 9.11. The average Bonchev–Trinajstić information content (AvgIpc) is 2.53. The standard InChI is InChI=1S/C19H25FN2O2/c1-12(2)22(13(3)4)11-14-8-15(23)6-7-16(14)17-9-19(24-5)21-10-18(17)20/h6-10,12-13,23H,11H2,1-5H3. The summed E-state index contributed by atoms with van der Waals surface area (Å²) in [5.74, 6) is 0.112. The van der Waals surface area contributed by atoms with Gasteiger partial charge in [-0.25, -0.2) is 9.37 Å². The van der Waals surface area contributed by atoms with Gasteiger partial charge in [0.25, 0.3) is 0 Å². The zero-order chi connectivity index (χ0) is 17.9. The predicted molar refractivity (Wildman–Crippen MR) is 93.7 cm³/mol. The van der Waals surface area contributed by atoms with E-state index < -0.39 is 5.82 Å². The summed E-state index contributed by atoms with van der Waals surface area (Å²) < 4.78 is 19.4. The molecule has 0 bridgehead atoms. The fraction of sp³-hybridized carbons (Fsp3) is 0.421. The van der Waals surface area contributed by atoms with Gasteiger partial charge in [-0.05, 0) is 51.0 Å². The second-order valence-electron chi connectivity index (χ2n) is 6.41. The van der Waals surface area contributed by atoms with Crippen LogP contribution in [-0.4, -0.2) is 34.2 Å². The highest BCUT2D eigenvalue weighted by Crippen LogP contribution is 2.32. The average molecular weight is 332 g/mol. The maximum Gasteiger partial charge on any atom is 0.213 e. The Morgan fingerprint density at radius 2 is 1.79 bits per heavy atom. The molecular weight excluding hydrogens is 307 g/mol. The summed E-state index contributed by atoms with van der Waals surface area (Å²) in [6, 6.07) is 7.25. The molecule has 1 aromatic carbocycles. The van der Waals surface area contributed by atoms with Crippen LogP contribution in [0.25, 0.3) is 11.1 Å². The summed E-state index contributed by atoms with van der Waals surface area (Å²) in [4.78, 5) is 6.18. The Labute approximate surface area is 142 Å². The minimum atomic E-state index is -0.414. The van der Waals surface area contributed by atoms with Crippen LogP contribution in [-0.2, 0) is 6.54 Å². The van der Waals surface area contributed by atoms with Crippen molar-refractivity contribution < 1.29 is 14.2 Å². The topological polar surface area (TPSA) is 45.6 Å². The van der Waals surface area contributed by atoms with Gasteiger partial charge in [0.05, 0.1) is 13.3 Å². The van der Waals surface area contributed by atoms with Gasteiger partial charge in [-0.2, -0.15) is 0 Å². The van der Waals surface area contributed by atoms with Crippen LogP contribution in [0.2, 0.25) is 0 Å². The van der Waals surface area contributed by atoms with Crippen molar-refractivity contribution in [2.24, 2.45) is 0 Å². The number of phenolic OH excluding ortho intramolecular Hbond substituents is 1.